The molecule has 3 rings (SSSR count). The largest absolute Gasteiger partial charge is 0.466 e. The van der Waals surface area contributed by atoms with Gasteiger partial charge in [-0.3, -0.25) is 9.59 Å². The fraction of sp³-hybridized carbons (Fsp3) is 0.765. The van der Waals surface area contributed by atoms with Gasteiger partial charge in [0.25, 0.3) is 0 Å². The van der Waals surface area contributed by atoms with Gasteiger partial charge in [0.2, 0.25) is 5.91 Å². The predicted octanol–water partition coefficient (Wildman–Crippen LogP) is 1.15. The lowest BCUT2D eigenvalue weighted by atomic mass is 9.77. The van der Waals surface area contributed by atoms with Crippen molar-refractivity contribution in [3.8, 4) is 0 Å². The van der Waals surface area contributed by atoms with Crippen LogP contribution in [0.25, 0.3) is 0 Å². The van der Waals surface area contributed by atoms with Gasteiger partial charge in [0.1, 0.15) is 11.5 Å². The van der Waals surface area contributed by atoms with E-state index in [1.54, 1.807) is 11.8 Å². The molecular weight excluding hydrogens is 298 g/mol. The smallest absolute Gasteiger partial charge is 0.312 e. The number of esters is 1. The summed E-state index contributed by atoms with van der Waals surface area (Å²) in [5.74, 6) is -1.28. The molecule has 0 radical (unpaired) electrons. The van der Waals surface area contributed by atoms with Crippen molar-refractivity contribution in [1.29, 1.82) is 0 Å². The van der Waals surface area contributed by atoms with Crippen LogP contribution in [0.4, 0.5) is 0 Å². The second-order valence-corrected chi connectivity index (χ2v) is 6.68. The molecule has 1 amide bonds. The minimum absolute atomic E-state index is 0.000509. The maximum Gasteiger partial charge on any atom is 0.312 e. The first-order valence-corrected chi connectivity index (χ1v) is 8.42. The molecule has 0 aromatic heterocycles. The standard InChI is InChI=1S/C17H25NO5/c1-4-21-16(20)13-12-6-7-17(23-12)10-18(15(19)14(13)17)8-5-9-22-11(2)3/h6-7,11-14H,4-5,8-10H2,1-3H3/t12-,13+,14-,17+/m1/s1. The maximum atomic E-state index is 12.8. The van der Waals surface area contributed by atoms with Crippen molar-refractivity contribution in [2.45, 2.75) is 45.0 Å². The van der Waals surface area contributed by atoms with Gasteiger partial charge >= 0.3 is 5.97 Å². The Morgan fingerprint density at radius 1 is 1.52 bits per heavy atom. The summed E-state index contributed by atoms with van der Waals surface area (Å²) >= 11 is 0. The van der Waals surface area contributed by atoms with Crippen LogP contribution in [0.3, 0.4) is 0 Å². The van der Waals surface area contributed by atoms with Gasteiger partial charge in [-0.1, -0.05) is 12.2 Å². The van der Waals surface area contributed by atoms with Gasteiger partial charge < -0.3 is 19.1 Å². The molecule has 6 nitrogen and oxygen atoms in total. The van der Waals surface area contributed by atoms with Crippen molar-refractivity contribution in [3.63, 3.8) is 0 Å². The Kier molecular flexibility index (Phi) is 4.47. The molecule has 23 heavy (non-hydrogen) atoms. The molecule has 2 fully saturated rings. The van der Waals surface area contributed by atoms with E-state index in [0.29, 0.717) is 26.3 Å². The van der Waals surface area contributed by atoms with Crippen LogP contribution in [0.5, 0.6) is 0 Å². The number of nitrogens with zero attached hydrogens (tertiary/aromatic N) is 1. The van der Waals surface area contributed by atoms with Crippen LogP contribution < -0.4 is 0 Å². The Morgan fingerprint density at radius 2 is 2.30 bits per heavy atom. The van der Waals surface area contributed by atoms with Gasteiger partial charge in [-0.25, -0.2) is 0 Å². The minimum atomic E-state index is -0.641. The zero-order chi connectivity index (χ0) is 16.6. The summed E-state index contributed by atoms with van der Waals surface area (Å²) in [6.07, 6.45) is 4.51. The molecule has 0 unspecified atom stereocenters. The number of fused-ring (bicyclic) bond motifs is 1. The second-order valence-electron chi connectivity index (χ2n) is 6.68. The summed E-state index contributed by atoms with van der Waals surface area (Å²) in [4.78, 5) is 26.8. The van der Waals surface area contributed by atoms with Crippen molar-refractivity contribution in [3.05, 3.63) is 12.2 Å². The highest BCUT2D eigenvalue weighted by Crippen LogP contribution is 2.52. The fourth-order valence-electron chi connectivity index (χ4n) is 3.85. The summed E-state index contributed by atoms with van der Waals surface area (Å²) in [6, 6.07) is 0. The number of ether oxygens (including phenoxy) is 3. The van der Waals surface area contributed by atoms with Crippen molar-refractivity contribution >= 4 is 11.9 Å². The molecule has 2 bridgehead atoms. The van der Waals surface area contributed by atoms with Crippen LogP contribution in [0.15, 0.2) is 12.2 Å². The number of carbonyl (C=O) groups excluding carboxylic acids is 2. The number of hydrogen-bond donors (Lipinski definition) is 0. The van der Waals surface area contributed by atoms with Gasteiger partial charge in [-0.2, -0.15) is 0 Å². The van der Waals surface area contributed by atoms with E-state index < -0.39 is 17.4 Å². The summed E-state index contributed by atoms with van der Waals surface area (Å²) in [7, 11) is 0. The highest BCUT2D eigenvalue weighted by atomic mass is 16.6. The lowest BCUT2D eigenvalue weighted by molar-refractivity contribution is -0.153. The predicted molar refractivity (Wildman–Crippen MR) is 82.6 cm³/mol. The molecule has 0 aliphatic carbocycles. The quantitative estimate of drug-likeness (QED) is 0.399. The van der Waals surface area contributed by atoms with Gasteiger partial charge in [0, 0.05) is 13.2 Å². The number of carbonyl (C=O) groups is 2. The van der Waals surface area contributed by atoms with Crippen LogP contribution in [0.2, 0.25) is 0 Å². The molecule has 6 heteroatoms. The third-order valence-electron chi connectivity index (χ3n) is 4.76. The molecular formula is C17H25NO5. The molecule has 0 aromatic rings. The van der Waals surface area contributed by atoms with Crippen LogP contribution >= 0.6 is 0 Å². The topological polar surface area (TPSA) is 65.1 Å². The monoisotopic (exact) mass is 323 g/mol. The van der Waals surface area contributed by atoms with Crippen LogP contribution in [-0.4, -0.2) is 60.9 Å². The number of hydrogen-bond acceptors (Lipinski definition) is 5. The van der Waals surface area contributed by atoms with E-state index in [-0.39, 0.29) is 24.1 Å². The normalized spacial score (nSPS) is 34.5. The highest BCUT2D eigenvalue weighted by Gasteiger charge is 2.67. The van der Waals surface area contributed by atoms with Crippen LogP contribution in [0.1, 0.15) is 27.2 Å². The van der Waals surface area contributed by atoms with Gasteiger partial charge in [0.05, 0.1) is 31.3 Å². The maximum absolute atomic E-state index is 12.8. The summed E-state index contributed by atoms with van der Waals surface area (Å²) in [6.45, 7) is 7.84. The Labute approximate surface area is 136 Å². The Balaban J connectivity index is 1.66. The number of rotatable bonds is 7. The molecule has 0 N–H and O–H groups in total. The Bertz CT molecular complexity index is 517. The molecule has 0 aromatic carbocycles. The zero-order valence-corrected chi connectivity index (χ0v) is 14.0. The molecule has 2 saturated heterocycles. The molecule has 3 aliphatic heterocycles. The van der Waals surface area contributed by atoms with Gasteiger partial charge in [-0.15, -0.1) is 0 Å². The average molecular weight is 323 g/mol. The SMILES string of the molecule is CCOC(=O)[C@H]1[C@H]2C=C[C@@]3(CN(CCCOC(C)C)C(=O)[C@@H]13)O2. The van der Waals surface area contributed by atoms with Crippen LogP contribution in [0, 0.1) is 11.8 Å². The lowest BCUT2D eigenvalue weighted by Gasteiger charge is -2.22. The molecule has 4 atom stereocenters. The molecule has 128 valence electrons. The summed E-state index contributed by atoms with van der Waals surface area (Å²) < 4.78 is 16.7. The van der Waals surface area contributed by atoms with E-state index >= 15 is 0 Å². The van der Waals surface area contributed by atoms with Crippen molar-refractivity contribution < 1.29 is 23.8 Å². The molecule has 3 aliphatic rings. The highest BCUT2D eigenvalue weighted by molar-refractivity contribution is 5.91. The molecule has 1 spiro atoms. The van der Waals surface area contributed by atoms with E-state index in [1.165, 1.54) is 0 Å². The van der Waals surface area contributed by atoms with Crippen LogP contribution in [-0.2, 0) is 23.8 Å². The summed E-state index contributed by atoms with van der Waals surface area (Å²) in [5.41, 5.74) is -0.641. The van der Waals surface area contributed by atoms with E-state index in [2.05, 4.69) is 0 Å². The second kappa shape index (κ2) is 6.24. The van der Waals surface area contributed by atoms with E-state index in [1.807, 2.05) is 26.0 Å². The minimum Gasteiger partial charge on any atom is -0.466 e. The van der Waals surface area contributed by atoms with Crippen molar-refractivity contribution in [1.82, 2.24) is 4.90 Å². The van der Waals surface area contributed by atoms with Crippen molar-refractivity contribution in [2.24, 2.45) is 11.8 Å². The number of amides is 1. The van der Waals surface area contributed by atoms with Gasteiger partial charge in [-0.05, 0) is 27.2 Å². The molecule has 3 heterocycles. The van der Waals surface area contributed by atoms with Gasteiger partial charge in [0.15, 0.2) is 0 Å². The lowest BCUT2D eigenvalue weighted by Crippen LogP contribution is -2.40. The fourth-order valence-corrected chi connectivity index (χ4v) is 3.85. The first-order chi connectivity index (χ1) is 11.0. The first kappa shape index (κ1) is 16.5. The van der Waals surface area contributed by atoms with E-state index in [4.69, 9.17) is 14.2 Å². The Morgan fingerprint density at radius 3 is 3.00 bits per heavy atom. The average Bonchev–Trinajstić information content (AvgIpc) is 3.12. The number of likely N-dealkylation sites (tertiary alicyclic amines) is 1. The summed E-state index contributed by atoms with van der Waals surface area (Å²) in [5, 5.41) is 0. The van der Waals surface area contributed by atoms with E-state index in [9.17, 15) is 9.59 Å². The zero-order valence-electron chi connectivity index (χ0n) is 14.0. The Hall–Kier alpha value is -1.40. The first-order valence-electron chi connectivity index (χ1n) is 8.42. The van der Waals surface area contributed by atoms with E-state index in [0.717, 1.165) is 6.42 Å². The molecule has 0 saturated carbocycles. The third kappa shape index (κ3) is 2.78. The third-order valence-corrected chi connectivity index (χ3v) is 4.76. The van der Waals surface area contributed by atoms with Crippen molar-refractivity contribution in [2.75, 3.05) is 26.3 Å².